The Morgan fingerprint density at radius 3 is 2.50 bits per heavy atom. The standard InChI is InChI=1S/C12H19N3O3/c1-3-10(2)13-12(18)15-8-6-14(7-9-15)5-4-11(16)17/h1,10H,4-9H2,2H3,(H,13,18)(H,16,17). The van der Waals surface area contributed by atoms with Crippen LogP contribution in [0.25, 0.3) is 0 Å². The minimum absolute atomic E-state index is 0.139. The molecule has 0 radical (unpaired) electrons. The molecule has 1 fully saturated rings. The summed E-state index contributed by atoms with van der Waals surface area (Å²) in [6, 6.07) is -0.430. The summed E-state index contributed by atoms with van der Waals surface area (Å²) in [6.45, 7) is 4.88. The van der Waals surface area contributed by atoms with E-state index in [9.17, 15) is 9.59 Å². The predicted molar refractivity (Wildman–Crippen MR) is 67.1 cm³/mol. The van der Waals surface area contributed by atoms with Gasteiger partial charge in [0.2, 0.25) is 0 Å². The second-order valence-electron chi connectivity index (χ2n) is 4.31. The number of hydrogen-bond donors (Lipinski definition) is 2. The molecule has 0 aromatic rings. The van der Waals surface area contributed by atoms with Crippen molar-refractivity contribution in [2.75, 3.05) is 32.7 Å². The molecule has 6 heteroatoms. The first kappa shape index (κ1) is 14.3. The molecule has 18 heavy (non-hydrogen) atoms. The number of nitrogens with one attached hydrogen (secondary N) is 1. The van der Waals surface area contributed by atoms with Gasteiger partial charge in [-0.3, -0.25) is 9.69 Å². The number of carboxylic acids is 1. The monoisotopic (exact) mass is 253 g/mol. The van der Waals surface area contributed by atoms with Gasteiger partial charge < -0.3 is 15.3 Å². The van der Waals surface area contributed by atoms with Crippen LogP contribution in [0.3, 0.4) is 0 Å². The number of rotatable bonds is 4. The first-order valence-electron chi connectivity index (χ1n) is 5.98. The molecule has 1 aliphatic heterocycles. The molecule has 0 aromatic carbocycles. The van der Waals surface area contributed by atoms with Gasteiger partial charge in [-0.1, -0.05) is 5.92 Å². The number of carbonyl (C=O) groups excluding carboxylic acids is 1. The Morgan fingerprint density at radius 2 is 2.00 bits per heavy atom. The van der Waals surface area contributed by atoms with Crippen molar-refractivity contribution >= 4 is 12.0 Å². The van der Waals surface area contributed by atoms with E-state index in [0.29, 0.717) is 32.7 Å². The molecule has 100 valence electrons. The summed E-state index contributed by atoms with van der Waals surface area (Å²) < 4.78 is 0. The van der Waals surface area contributed by atoms with Crippen LogP contribution in [0.15, 0.2) is 0 Å². The van der Waals surface area contributed by atoms with Crippen LogP contribution in [-0.4, -0.2) is 65.7 Å². The highest BCUT2D eigenvalue weighted by atomic mass is 16.4. The molecule has 1 aliphatic rings. The molecular weight excluding hydrogens is 234 g/mol. The molecular formula is C12H19N3O3. The Balaban J connectivity index is 2.28. The summed E-state index contributed by atoms with van der Waals surface area (Å²) >= 11 is 0. The smallest absolute Gasteiger partial charge is 0.318 e. The normalized spacial score (nSPS) is 17.9. The Labute approximate surface area is 107 Å². The van der Waals surface area contributed by atoms with Crippen LogP contribution in [0.2, 0.25) is 0 Å². The summed E-state index contributed by atoms with van der Waals surface area (Å²) in [6.07, 6.45) is 5.33. The second kappa shape index (κ2) is 6.87. The third kappa shape index (κ3) is 4.63. The van der Waals surface area contributed by atoms with Gasteiger partial charge in [-0.05, 0) is 6.92 Å². The van der Waals surface area contributed by atoms with Gasteiger partial charge in [0, 0.05) is 32.7 Å². The van der Waals surface area contributed by atoms with Crippen molar-refractivity contribution in [2.24, 2.45) is 0 Å². The Bertz CT molecular complexity index is 343. The van der Waals surface area contributed by atoms with Crippen molar-refractivity contribution in [1.82, 2.24) is 15.1 Å². The van der Waals surface area contributed by atoms with Gasteiger partial charge in [-0.25, -0.2) is 4.79 Å². The van der Waals surface area contributed by atoms with Crippen LogP contribution in [0.5, 0.6) is 0 Å². The highest BCUT2D eigenvalue weighted by Crippen LogP contribution is 2.03. The largest absolute Gasteiger partial charge is 0.481 e. The van der Waals surface area contributed by atoms with E-state index in [0.717, 1.165) is 0 Å². The van der Waals surface area contributed by atoms with Gasteiger partial charge in [0.05, 0.1) is 12.5 Å². The van der Waals surface area contributed by atoms with E-state index in [1.807, 2.05) is 4.90 Å². The molecule has 2 amide bonds. The maximum Gasteiger partial charge on any atom is 0.318 e. The molecule has 0 bridgehead atoms. The zero-order valence-corrected chi connectivity index (χ0v) is 10.6. The van der Waals surface area contributed by atoms with Crippen LogP contribution in [-0.2, 0) is 4.79 Å². The van der Waals surface area contributed by atoms with Crippen LogP contribution in [0.1, 0.15) is 13.3 Å². The fourth-order valence-electron chi connectivity index (χ4n) is 1.75. The highest BCUT2D eigenvalue weighted by Gasteiger charge is 2.21. The lowest BCUT2D eigenvalue weighted by molar-refractivity contribution is -0.137. The van der Waals surface area contributed by atoms with E-state index in [4.69, 9.17) is 11.5 Å². The van der Waals surface area contributed by atoms with E-state index < -0.39 is 5.97 Å². The van der Waals surface area contributed by atoms with Crippen molar-refractivity contribution in [1.29, 1.82) is 0 Å². The average molecular weight is 253 g/mol. The van der Waals surface area contributed by atoms with Crippen LogP contribution in [0, 0.1) is 12.3 Å². The lowest BCUT2D eigenvalue weighted by atomic mass is 10.3. The molecule has 1 heterocycles. The molecule has 0 spiro atoms. The van der Waals surface area contributed by atoms with E-state index in [2.05, 4.69) is 11.2 Å². The van der Waals surface area contributed by atoms with Crippen LogP contribution < -0.4 is 5.32 Å². The predicted octanol–water partition coefficient (Wildman–Crippen LogP) is -0.190. The number of aliphatic carboxylic acids is 1. The minimum atomic E-state index is -0.794. The van der Waals surface area contributed by atoms with Crippen molar-refractivity contribution in [3.05, 3.63) is 0 Å². The van der Waals surface area contributed by atoms with Crippen molar-refractivity contribution < 1.29 is 14.7 Å². The zero-order chi connectivity index (χ0) is 13.5. The summed E-state index contributed by atoms with van der Waals surface area (Å²) in [4.78, 5) is 25.9. The number of amides is 2. The Kier molecular flexibility index (Phi) is 5.46. The van der Waals surface area contributed by atoms with E-state index in [1.165, 1.54) is 0 Å². The van der Waals surface area contributed by atoms with Gasteiger partial charge in [0.15, 0.2) is 0 Å². The molecule has 1 unspecified atom stereocenters. The topological polar surface area (TPSA) is 72.9 Å². The maximum absolute atomic E-state index is 11.7. The Hall–Kier alpha value is -1.74. The quantitative estimate of drug-likeness (QED) is 0.681. The van der Waals surface area contributed by atoms with E-state index >= 15 is 0 Å². The maximum atomic E-state index is 11.7. The van der Waals surface area contributed by atoms with Crippen molar-refractivity contribution in [3.63, 3.8) is 0 Å². The van der Waals surface area contributed by atoms with E-state index in [1.54, 1.807) is 11.8 Å². The number of carboxylic acid groups (broad SMARTS) is 1. The molecule has 1 rings (SSSR count). The lowest BCUT2D eigenvalue weighted by Crippen LogP contribution is -2.53. The van der Waals surface area contributed by atoms with Gasteiger partial charge >= 0.3 is 12.0 Å². The fraction of sp³-hybridized carbons (Fsp3) is 0.667. The molecule has 0 aliphatic carbocycles. The molecule has 0 aromatic heterocycles. The first-order valence-corrected chi connectivity index (χ1v) is 5.98. The van der Waals surface area contributed by atoms with Crippen LogP contribution in [0.4, 0.5) is 4.79 Å². The summed E-state index contributed by atoms with van der Waals surface area (Å²) in [5.41, 5.74) is 0. The van der Waals surface area contributed by atoms with Crippen molar-refractivity contribution in [2.45, 2.75) is 19.4 Å². The number of carbonyl (C=O) groups is 2. The molecule has 1 atom stereocenters. The molecule has 0 saturated carbocycles. The number of hydrogen-bond acceptors (Lipinski definition) is 3. The number of urea groups is 1. The van der Waals surface area contributed by atoms with Gasteiger partial charge in [0.25, 0.3) is 0 Å². The van der Waals surface area contributed by atoms with E-state index in [-0.39, 0.29) is 18.5 Å². The molecule has 6 nitrogen and oxygen atoms in total. The molecule has 2 N–H and O–H groups in total. The average Bonchev–Trinajstić information content (AvgIpc) is 2.36. The van der Waals surface area contributed by atoms with Crippen molar-refractivity contribution in [3.8, 4) is 12.3 Å². The highest BCUT2D eigenvalue weighted by molar-refractivity contribution is 5.75. The lowest BCUT2D eigenvalue weighted by Gasteiger charge is -2.34. The SMILES string of the molecule is C#CC(C)NC(=O)N1CCN(CCC(=O)O)CC1. The zero-order valence-electron chi connectivity index (χ0n) is 10.6. The third-order valence-electron chi connectivity index (χ3n) is 2.89. The molecule has 1 saturated heterocycles. The first-order chi connectivity index (χ1) is 8.52. The number of terminal acetylenes is 1. The van der Waals surface area contributed by atoms with Crippen LogP contribution >= 0.6 is 0 Å². The summed E-state index contributed by atoms with van der Waals surface area (Å²) in [5, 5.41) is 11.3. The van der Waals surface area contributed by atoms with Gasteiger partial charge in [0.1, 0.15) is 0 Å². The number of piperazine rings is 1. The number of nitrogens with zero attached hydrogens (tertiary/aromatic N) is 2. The third-order valence-corrected chi connectivity index (χ3v) is 2.89. The minimum Gasteiger partial charge on any atom is -0.481 e. The fourth-order valence-corrected chi connectivity index (χ4v) is 1.75. The van der Waals surface area contributed by atoms with Gasteiger partial charge in [-0.15, -0.1) is 6.42 Å². The Morgan fingerprint density at radius 1 is 1.39 bits per heavy atom. The summed E-state index contributed by atoms with van der Waals surface area (Å²) in [7, 11) is 0. The second-order valence-corrected chi connectivity index (χ2v) is 4.31. The van der Waals surface area contributed by atoms with Gasteiger partial charge in [-0.2, -0.15) is 0 Å². The summed E-state index contributed by atoms with van der Waals surface area (Å²) in [5.74, 6) is 1.65.